The fraction of sp³-hybridized carbons (Fsp3) is 0.375. The van der Waals surface area contributed by atoms with Gasteiger partial charge in [0.15, 0.2) is 0 Å². The van der Waals surface area contributed by atoms with Gasteiger partial charge in [0.05, 0.1) is 11.3 Å². The highest BCUT2D eigenvalue weighted by Gasteiger charge is 2.33. The zero-order valence-corrected chi connectivity index (χ0v) is 13.6. The van der Waals surface area contributed by atoms with Crippen LogP contribution in [-0.4, -0.2) is 42.1 Å². The van der Waals surface area contributed by atoms with Crippen LogP contribution in [0.3, 0.4) is 0 Å². The van der Waals surface area contributed by atoms with E-state index in [-0.39, 0.29) is 5.69 Å². The molecule has 0 saturated heterocycles. The SMILES string of the molecule is CN(C)CCCNc1nccc(Nc2ccccc2C(F)(F)F)n1. The van der Waals surface area contributed by atoms with Crippen molar-refractivity contribution in [2.45, 2.75) is 12.6 Å². The minimum Gasteiger partial charge on any atom is -0.354 e. The van der Waals surface area contributed by atoms with Gasteiger partial charge >= 0.3 is 6.18 Å². The molecule has 0 aliphatic rings. The molecule has 8 heteroatoms. The second-order valence-electron chi connectivity index (χ2n) is 5.52. The summed E-state index contributed by atoms with van der Waals surface area (Å²) in [6, 6.07) is 6.82. The summed E-state index contributed by atoms with van der Waals surface area (Å²) in [5, 5.41) is 5.77. The lowest BCUT2D eigenvalue weighted by Crippen LogP contribution is -2.17. The molecule has 0 saturated carbocycles. The summed E-state index contributed by atoms with van der Waals surface area (Å²) in [5.74, 6) is 0.681. The van der Waals surface area contributed by atoms with Crippen LogP contribution in [0.25, 0.3) is 0 Å². The van der Waals surface area contributed by atoms with Gasteiger partial charge in [-0.15, -0.1) is 0 Å². The molecule has 2 aromatic rings. The van der Waals surface area contributed by atoms with Crippen molar-refractivity contribution in [3.63, 3.8) is 0 Å². The van der Waals surface area contributed by atoms with Gasteiger partial charge in [0.2, 0.25) is 5.95 Å². The van der Waals surface area contributed by atoms with Gasteiger partial charge in [0, 0.05) is 12.7 Å². The van der Waals surface area contributed by atoms with Gasteiger partial charge in [-0.3, -0.25) is 0 Å². The molecule has 2 N–H and O–H groups in total. The lowest BCUT2D eigenvalue weighted by atomic mass is 10.1. The van der Waals surface area contributed by atoms with E-state index in [0.717, 1.165) is 19.0 Å². The lowest BCUT2D eigenvalue weighted by molar-refractivity contribution is -0.136. The number of para-hydroxylation sites is 1. The number of hydrogen-bond donors (Lipinski definition) is 2. The van der Waals surface area contributed by atoms with Gasteiger partial charge in [-0.05, 0) is 45.3 Å². The molecule has 0 amide bonds. The average Bonchev–Trinajstić information content (AvgIpc) is 2.51. The van der Waals surface area contributed by atoms with Gasteiger partial charge < -0.3 is 15.5 Å². The zero-order valence-electron chi connectivity index (χ0n) is 13.6. The molecular formula is C16H20F3N5. The number of halogens is 3. The van der Waals surface area contributed by atoms with Crippen LogP contribution in [0.2, 0.25) is 0 Å². The number of benzene rings is 1. The second kappa shape index (κ2) is 7.96. The average molecular weight is 339 g/mol. The molecule has 0 aliphatic heterocycles. The van der Waals surface area contributed by atoms with Gasteiger partial charge in [0.25, 0.3) is 0 Å². The first-order valence-corrected chi connectivity index (χ1v) is 7.51. The molecule has 0 fully saturated rings. The Hall–Kier alpha value is -2.35. The highest BCUT2D eigenvalue weighted by Crippen LogP contribution is 2.35. The van der Waals surface area contributed by atoms with E-state index in [1.54, 1.807) is 6.07 Å². The molecular weight excluding hydrogens is 319 g/mol. The van der Waals surface area contributed by atoms with Crippen molar-refractivity contribution in [3.8, 4) is 0 Å². The predicted octanol–water partition coefficient (Wildman–Crippen LogP) is 3.60. The maximum atomic E-state index is 13.0. The number of anilines is 3. The minimum atomic E-state index is -4.43. The summed E-state index contributed by atoms with van der Waals surface area (Å²) < 4.78 is 39.0. The minimum absolute atomic E-state index is 0.0396. The van der Waals surface area contributed by atoms with Crippen LogP contribution in [0.4, 0.5) is 30.6 Å². The number of hydrogen-bond acceptors (Lipinski definition) is 5. The molecule has 2 rings (SSSR count). The van der Waals surface area contributed by atoms with Crippen molar-refractivity contribution in [1.29, 1.82) is 0 Å². The fourth-order valence-electron chi connectivity index (χ4n) is 2.09. The van der Waals surface area contributed by atoms with E-state index >= 15 is 0 Å². The van der Waals surface area contributed by atoms with Crippen LogP contribution < -0.4 is 10.6 Å². The van der Waals surface area contributed by atoms with Crippen molar-refractivity contribution >= 4 is 17.5 Å². The number of nitrogens with zero attached hydrogens (tertiary/aromatic N) is 3. The van der Waals surface area contributed by atoms with Crippen molar-refractivity contribution in [2.75, 3.05) is 37.8 Å². The van der Waals surface area contributed by atoms with E-state index < -0.39 is 11.7 Å². The molecule has 5 nitrogen and oxygen atoms in total. The lowest BCUT2D eigenvalue weighted by Gasteiger charge is -2.14. The van der Waals surface area contributed by atoms with Crippen LogP contribution in [0, 0.1) is 0 Å². The molecule has 0 aliphatic carbocycles. The molecule has 1 heterocycles. The molecule has 0 spiro atoms. The first-order chi connectivity index (χ1) is 11.4. The van der Waals surface area contributed by atoms with Crippen LogP contribution >= 0.6 is 0 Å². The first-order valence-electron chi connectivity index (χ1n) is 7.51. The Morgan fingerprint density at radius 3 is 2.58 bits per heavy atom. The Morgan fingerprint density at radius 1 is 1.12 bits per heavy atom. The summed E-state index contributed by atoms with van der Waals surface area (Å²) in [6.07, 6.45) is -2.02. The Bertz CT molecular complexity index is 658. The summed E-state index contributed by atoms with van der Waals surface area (Å²) in [6.45, 7) is 1.60. The van der Waals surface area contributed by atoms with Crippen molar-refractivity contribution < 1.29 is 13.2 Å². The zero-order chi connectivity index (χ0) is 17.6. The Morgan fingerprint density at radius 2 is 1.88 bits per heavy atom. The van der Waals surface area contributed by atoms with E-state index in [1.165, 1.54) is 24.4 Å². The molecule has 130 valence electrons. The highest BCUT2D eigenvalue weighted by atomic mass is 19.4. The van der Waals surface area contributed by atoms with Gasteiger partial charge in [-0.2, -0.15) is 18.2 Å². The summed E-state index contributed by atoms with van der Waals surface area (Å²) >= 11 is 0. The topological polar surface area (TPSA) is 53.1 Å². The van der Waals surface area contributed by atoms with Gasteiger partial charge in [0.1, 0.15) is 5.82 Å². The molecule has 0 unspecified atom stereocenters. The van der Waals surface area contributed by atoms with Crippen LogP contribution in [-0.2, 0) is 6.18 Å². The van der Waals surface area contributed by atoms with Crippen molar-refractivity contribution in [2.24, 2.45) is 0 Å². The van der Waals surface area contributed by atoms with E-state index in [1.807, 2.05) is 14.1 Å². The molecule has 1 aromatic carbocycles. The number of nitrogens with one attached hydrogen (secondary N) is 2. The van der Waals surface area contributed by atoms with Crippen LogP contribution in [0.5, 0.6) is 0 Å². The third-order valence-electron chi connectivity index (χ3n) is 3.22. The Balaban J connectivity index is 2.05. The quantitative estimate of drug-likeness (QED) is 0.755. The third-order valence-corrected chi connectivity index (χ3v) is 3.22. The largest absolute Gasteiger partial charge is 0.418 e. The Kier molecular flexibility index (Phi) is 5.97. The molecule has 1 aromatic heterocycles. The van der Waals surface area contributed by atoms with Crippen molar-refractivity contribution in [1.82, 2.24) is 14.9 Å². The van der Waals surface area contributed by atoms with Crippen LogP contribution in [0.15, 0.2) is 36.5 Å². The van der Waals surface area contributed by atoms with E-state index in [0.29, 0.717) is 18.3 Å². The fourth-order valence-corrected chi connectivity index (χ4v) is 2.09. The summed E-state index contributed by atoms with van der Waals surface area (Å²) in [7, 11) is 3.97. The molecule has 24 heavy (non-hydrogen) atoms. The smallest absolute Gasteiger partial charge is 0.354 e. The number of aromatic nitrogens is 2. The normalized spacial score (nSPS) is 11.6. The first kappa shape index (κ1) is 18.0. The monoisotopic (exact) mass is 339 g/mol. The van der Waals surface area contributed by atoms with E-state index in [2.05, 4.69) is 25.5 Å². The van der Waals surface area contributed by atoms with E-state index in [4.69, 9.17) is 0 Å². The standard InChI is InChI=1S/C16H20F3N5/c1-24(2)11-5-9-20-15-21-10-8-14(23-15)22-13-7-4-3-6-12(13)16(17,18)19/h3-4,6-8,10H,5,9,11H2,1-2H3,(H2,20,21,22,23). The maximum Gasteiger partial charge on any atom is 0.418 e. The predicted molar refractivity (Wildman–Crippen MR) is 88.4 cm³/mol. The third kappa shape index (κ3) is 5.38. The maximum absolute atomic E-state index is 13.0. The highest BCUT2D eigenvalue weighted by molar-refractivity contribution is 5.61. The summed E-state index contributed by atoms with van der Waals surface area (Å²) in [5.41, 5.74) is -0.772. The number of rotatable bonds is 7. The van der Waals surface area contributed by atoms with E-state index in [9.17, 15) is 13.2 Å². The van der Waals surface area contributed by atoms with Gasteiger partial charge in [-0.1, -0.05) is 12.1 Å². The molecule has 0 bridgehead atoms. The summed E-state index contributed by atoms with van der Waals surface area (Å²) in [4.78, 5) is 10.3. The molecule has 0 atom stereocenters. The van der Waals surface area contributed by atoms with Crippen LogP contribution in [0.1, 0.15) is 12.0 Å². The second-order valence-corrected chi connectivity index (χ2v) is 5.52. The van der Waals surface area contributed by atoms with Gasteiger partial charge in [-0.25, -0.2) is 4.98 Å². The molecule has 0 radical (unpaired) electrons. The van der Waals surface area contributed by atoms with Crippen molar-refractivity contribution in [3.05, 3.63) is 42.1 Å². The Labute approximate surface area is 138 Å². The number of alkyl halides is 3.